The van der Waals surface area contributed by atoms with Gasteiger partial charge in [0.15, 0.2) is 5.78 Å². The number of H-pyrrole nitrogens is 2. The van der Waals surface area contributed by atoms with E-state index in [1.165, 1.54) is 43.7 Å². The summed E-state index contributed by atoms with van der Waals surface area (Å²) in [5.74, 6) is -0.104. The van der Waals surface area contributed by atoms with Gasteiger partial charge in [0.25, 0.3) is 5.56 Å². The van der Waals surface area contributed by atoms with Gasteiger partial charge in [-0.1, -0.05) is 65.3 Å². The molecule has 0 amide bonds. The molecule has 0 saturated heterocycles. The fraction of sp³-hybridized carbons (Fsp3) is 0.433. The van der Waals surface area contributed by atoms with Crippen LogP contribution in [0.2, 0.25) is 0 Å². The van der Waals surface area contributed by atoms with E-state index in [9.17, 15) is 9.59 Å². The molecule has 3 rings (SSSR count). The molecular formula is C30H43N3O3S. The molecule has 0 radical (unpaired) electrons. The zero-order valence-corrected chi connectivity index (χ0v) is 24.3. The SMILES string of the molecule is C=C/C=C\c1c(-c2csc(-c3cc(C(C)=O)c[nH]c3=O)n2)c[nH]c1C.CC.CCCCC(C)OCCC. The first kappa shape index (κ1) is 32.0. The van der Waals surface area contributed by atoms with Crippen LogP contribution in [0.15, 0.2) is 47.4 Å². The zero-order chi connectivity index (χ0) is 27.8. The summed E-state index contributed by atoms with van der Waals surface area (Å²) in [5.41, 5.74) is 4.39. The Morgan fingerprint density at radius 3 is 2.54 bits per heavy atom. The topological polar surface area (TPSA) is 87.8 Å². The maximum absolute atomic E-state index is 12.1. The second-order valence-corrected chi connectivity index (χ2v) is 9.24. The number of carbonyl (C=O) groups is 1. The first-order chi connectivity index (χ1) is 17.8. The van der Waals surface area contributed by atoms with Gasteiger partial charge in [0.1, 0.15) is 5.01 Å². The molecule has 3 aromatic rings. The number of carbonyl (C=O) groups excluding carboxylic acids is 1. The van der Waals surface area contributed by atoms with Crippen LogP contribution in [-0.2, 0) is 4.74 Å². The van der Waals surface area contributed by atoms with Gasteiger partial charge in [-0.3, -0.25) is 9.59 Å². The molecule has 3 aromatic heterocycles. The molecule has 0 spiro atoms. The van der Waals surface area contributed by atoms with Crippen LogP contribution in [-0.4, -0.2) is 33.4 Å². The molecular weight excluding hydrogens is 482 g/mol. The number of allylic oxidation sites excluding steroid dienone is 2. The van der Waals surface area contributed by atoms with E-state index < -0.39 is 0 Å². The predicted octanol–water partition coefficient (Wildman–Crippen LogP) is 8.22. The standard InChI is InChI=1S/C19H17N3O2S.C9H20O.C2H6/c1-4-5-6-14-11(2)20-9-16(14)17-10-25-19(22-17)15-7-13(12(3)23)8-21-18(15)24;1-4-6-7-9(3)10-8-5-2;1-2/h4-10,20H,1H2,2-3H3,(H,21,24);9H,4-8H2,1-3H3;1-2H3/b6-5-;;. The molecule has 0 aliphatic rings. The average Bonchev–Trinajstić information content (AvgIpc) is 3.53. The molecule has 0 aliphatic carbocycles. The van der Waals surface area contributed by atoms with Crippen LogP contribution in [0.25, 0.3) is 27.9 Å². The van der Waals surface area contributed by atoms with Crippen molar-refractivity contribution >= 4 is 23.2 Å². The number of aromatic nitrogens is 3. The number of ether oxygens (including phenoxy) is 1. The van der Waals surface area contributed by atoms with Gasteiger partial charge >= 0.3 is 0 Å². The summed E-state index contributed by atoms with van der Waals surface area (Å²) in [6.07, 6.45) is 14.3. The van der Waals surface area contributed by atoms with Crippen LogP contribution < -0.4 is 5.56 Å². The van der Waals surface area contributed by atoms with E-state index in [1.54, 1.807) is 12.1 Å². The zero-order valence-electron chi connectivity index (χ0n) is 23.4. The van der Waals surface area contributed by atoms with Crippen molar-refractivity contribution in [2.24, 2.45) is 0 Å². The van der Waals surface area contributed by atoms with Gasteiger partial charge < -0.3 is 14.7 Å². The number of nitrogens with one attached hydrogen (secondary N) is 2. The van der Waals surface area contributed by atoms with Crippen LogP contribution in [0.3, 0.4) is 0 Å². The number of aromatic amines is 2. The largest absolute Gasteiger partial charge is 0.379 e. The second-order valence-electron chi connectivity index (χ2n) is 8.38. The molecule has 37 heavy (non-hydrogen) atoms. The number of nitrogens with zero attached hydrogens (tertiary/aromatic N) is 1. The summed E-state index contributed by atoms with van der Waals surface area (Å²) in [5, 5.41) is 2.49. The molecule has 0 aromatic carbocycles. The van der Waals surface area contributed by atoms with E-state index in [0.29, 0.717) is 22.2 Å². The Kier molecular flexibility index (Phi) is 15.1. The lowest BCUT2D eigenvalue weighted by Crippen LogP contribution is -2.10. The molecule has 202 valence electrons. The fourth-order valence-electron chi connectivity index (χ4n) is 3.39. The Balaban J connectivity index is 0.000000483. The van der Waals surface area contributed by atoms with Gasteiger partial charge in [-0.15, -0.1) is 11.3 Å². The van der Waals surface area contributed by atoms with E-state index in [2.05, 4.69) is 42.3 Å². The van der Waals surface area contributed by atoms with Crippen LogP contribution in [0.1, 0.15) is 88.8 Å². The Morgan fingerprint density at radius 1 is 1.19 bits per heavy atom. The van der Waals surface area contributed by atoms with Crippen molar-refractivity contribution in [3.05, 3.63) is 69.7 Å². The average molecular weight is 526 g/mol. The molecule has 7 heteroatoms. The Hall–Kier alpha value is -3.03. The van der Waals surface area contributed by atoms with Gasteiger partial charge in [0, 0.05) is 46.8 Å². The molecule has 1 atom stereocenters. The summed E-state index contributed by atoms with van der Waals surface area (Å²) in [7, 11) is 0. The number of aryl methyl sites for hydroxylation is 1. The first-order valence-electron chi connectivity index (χ1n) is 13.1. The first-order valence-corrected chi connectivity index (χ1v) is 14.0. The molecule has 0 fully saturated rings. The van der Waals surface area contributed by atoms with Gasteiger partial charge in [-0.2, -0.15) is 0 Å². The Labute approximate surface area is 225 Å². The summed E-state index contributed by atoms with van der Waals surface area (Å²) in [6, 6.07) is 1.59. The monoisotopic (exact) mass is 525 g/mol. The number of pyridine rings is 1. The van der Waals surface area contributed by atoms with E-state index in [0.717, 1.165) is 35.5 Å². The highest BCUT2D eigenvalue weighted by atomic mass is 32.1. The third-order valence-corrected chi connectivity index (χ3v) is 6.29. The minimum atomic E-state index is -0.261. The van der Waals surface area contributed by atoms with Gasteiger partial charge in [-0.25, -0.2) is 4.98 Å². The lowest BCUT2D eigenvalue weighted by Gasteiger charge is -2.10. The smallest absolute Gasteiger partial charge is 0.258 e. The van der Waals surface area contributed by atoms with Crippen LogP contribution in [0, 0.1) is 6.92 Å². The normalized spacial score (nSPS) is 11.3. The third-order valence-electron chi connectivity index (χ3n) is 5.42. The van der Waals surface area contributed by atoms with Crippen molar-refractivity contribution in [3.63, 3.8) is 0 Å². The number of rotatable bonds is 11. The van der Waals surface area contributed by atoms with Crippen molar-refractivity contribution in [2.75, 3.05) is 6.61 Å². The second kappa shape index (κ2) is 17.4. The van der Waals surface area contributed by atoms with Crippen molar-refractivity contribution in [1.82, 2.24) is 15.0 Å². The van der Waals surface area contributed by atoms with Crippen LogP contribution in [0.5, 0.6) is 0 Å². The van der Waals surface area contributed by atoms with E-state index in [-0.39, 0.29) is 11.3 Å². The highest BCUT2D eigenvalue weighted by Gasteiger charge is 2.15. The molecule has 0 saturated carbocycles. The quantitative estimate of drug-likeness (QED) is 0.195. The lowest BCUT2D eigenvalue weighted by atomic mass is 10.1. The number of hydrogen-bond donors (Lipinski definition) is 2. The van der Waals surface area contributed by atoms with Gasteiger partial charge in [-0.05, 0) is 39.7 Å². The van der Waals surface area contributed by atoms with E-state index in [4.69, 9.17) is 4.74 Å². The maximum atomic E-state index is 12.1. The number of unbranched alkanes of at least 4 members (excludes halogenated alkanes) is 1. The van der Waals surface area contributed by atoms with Crippen molar-refractivity contribution in [2.45, 2.75) is 80.3 Å². The minimum Gasteiger partial charge on any atom is -0.379 e. The summed E-state index contributed by atoms with van der Waals surface area (Å²) >= 11 is 1.37. The number of thiazole rings is 1. The molecule has 3 heterocycles. The van der Waals surface area contributed by atoms with Gasteiger partial charge in [0.2, 0.25) is 0 Å². The van der Waals surface area contributed by atoms with Crippen molar-refractivity contribution in [3.8, 4) is 21.8 Å². The van der Waals surface area contributed by atoms with Crippen LogP contribution >= 0.6 is 11.3 Å². The van der Waals surface area contributed by atoms with E-state index in [1.807, 2.05) is 44.5 Å². The summed E-state index contributed by atoms with van der Waals surface area (Å²) < 4.78 is 5.49. The molecule has 0 aliphatic heterocycles. The lowest BCUT2D eigenvalue weighted by molar-refractivity contribution is 0.0593. The van der Waals surface area contributed by atoms with E-state index >= 15 is 0 Å². The third kappa shape index (κ3) is 10.1. The van der Waals surface area contributed by atoms with Crippen LogP contribution in [0.4, 0.5) is 0 Å². The highest BCUT2D eigenvalue weighted by molar-refractivity contribution is 7.13. The molecule has 2 N–H and O–H groups in total. The molecule has 0 bridgehead atoms. The summed E-state index contributed by atoms with van der Waals surface area (Å²) in [6.45, 7) is 18.6. The predicted molar refractivity (Wildman–Crippen MR) is 159 cm³/mol. The number of Topliss-reactive ketones (excluding diaryl/α,β-unsaturated/α-hetero) is 1. The summed E-state index contributed by atoms with van der Waals surface area (Å²) in [4.78, 5) is 34.1. The molecule has 1 unspecified atom stereocenters. The number of ketones is 1. The Bertz CT molecular complexity index is 1180. The van der Waals surface area contributed by atoms with Crippen molar-refractivity contribution < 1.29 is 9.53 Å². The van der Waals surface area contributed by atoms with Gasteiger partial charge in [0.05, 0.1) is 17.4 Å². The fourth-order valence-corrected chi connectivity index (χ4v) is 4.22. The highest BCUT2D eigenvalue weighted by Crippen LogP contribution is 2.31. The molecule has 6 nitrogen and oxygen atoms in total. The Morgan fingerprint density at radius 2 is 1.92 bits per heavy atom. The maximum Gasteiger partial charge on any atom is 0.258 e. The minimum absolute atomic E-state index is 0.104. The number of hydrogen-bond acceptors (Lipinski definition) is 5. The van der Waals surface area contributed by atoms with Crippen molar-refractivity contribution in [1.29, 1.82) is 0 Å².